The first kappa shape index (κ1) is 16.1. The van der Waals surface area contributed by atoms with E-state index >= 15 is 0 Å². The molecule has 0 saturated carbocycles. The Balaban J connectivity index is 2.01. The Morgan fingerprint density at radius 3 is 2.43 bits per heavy atom. The molecule has 2 nitrogen and oxygen atoms in total. The quantitative estimate of drug-likeness (QED) is 0.468. The van der Waals surface area contributed by atoms with E-state index in [0.29, 0.717) is 5.92 Å². The van der Waals surface area contributed by atoms with E-state index in [1.165, 1.54) is 68.9 Å². The molecule has 1 unspecified atom stereocenters. The van der Waals surface area contributed by atoms with Crippen molar-refractivity contribution in [3.05, 3.63) is 30.0 Å². The predicted molar refractivity (Wildman–Crippen MR) is 89.7 cm³/mol. The smallest absolute Gasteiger partial charge is 0.167 e. The van der Waals surface area contributed by atoms with Gasteiger partial charge in [-0.15, -0.1) is 0 Å². The molecule has 21 heavy (non-hydrogen) atoms. The molecule has 0 radical (unpaired) electrons. The average Bonchev–Trinajstić information content (AvgIpc) is 2.94. The third-order valence-electron chi connectivity index (χ3n) is 4.35. The minimum atomic E-state index is 0.565. The first-order valence-electron chi connectivity index (χ1n) is 8.71. The maximum Gasteiger partial charge on any atom is 0.167 e. The summed E-state index contributed by atoms with van der Waals surface area (Å²) in [5.41, 5.74) is 2.12. The van der Waals surface area contributed by atoms with Gasteiger partial charge in [0, 0.05) is 11.3 Å². The molecule has 1 aromatic heterocycles. The molecule has 0 N–H and O–H groups in total. The summed E-state index contributed by atoms with van der Waals surface area (Å²) in [7, 11) is 0. The third kappa shape index (κ3) is 4.59. The third-order valence-corrected chi connectivity index (χ3v) is 4.35. The summed E-state index contributed by atoms with van der Waals surface area (Å²) in [4.78, 5) is 0. The summed E-state index contributed by atoms with van der Waals surface area (Å²) in [6.07, 6.45) is 11.7. The van der Waals surface area contributed by atoms with Gasteiger partial charge in [0.2, 0.25) is 0 Å². The lowest BCUT2D eigenvalue weighted by Gasteiger charge is -2.14. The highest BCUT2D eigenvalue weighted by Crippen LogP contribution is 2.32. The Morgan fingerprint density at radius 2 is 1.62 bits per heavy atom. The van der Waals surface area contributed by atoms with Crippen LogP contribution in [0.25, 0.3) is 11.0 Å². The first-order valence-corrected chi connectivity index (χ1v) is 8.71. The molecule has 0 saturated heterocycles. The second-order valence-electron chi connectivity index (χ2n) is 6.11. The molecule has 2 heteroatoms. The van der Waals surface area contributed by atoms with Crippen molar-refractivity contribution in [2.75, 3.05) is 0 Å². The van der Waals surface area contributed by atoms with Crippen LogP contribution in [0.5, 0.6) is 0 Å². The maximum absolute atomic E-state index is 5.50. The lowest BCUT2D eigenvalue weighted by atomic mass is 9.90. The fourth-order valence-corrected chi connectivity index (χ4v) is 3.06. The Labute approximate surface area is 128 Å². The van der Waals surface area contributed by atoms with Crippen molar-refractivity contribution >= 4 is 11.0 Å². The highest BCUT2D eigenvalue weighted by molar-refractivity contribution is 5.79. The van der Waals surface area contributed by atoms with E-state index in [4.69, 9.17) is 4.52 Å². The maximum atomic E-state index is 5.50. The molecule has 116 valence electrons. The number of rotatable bonds is 10. The van der Waals surface area contributed by atoms with Gasteiger partial charge in [0.05, 0.1) is 5.69 Å². The van der Waals surface area contributed by atoms with Gasteiger partial charge in [0.25, 0.3) is 0 Å². The average molecular weight is 287 g/mol. The molecule has 0 aliphatic heterocycles. The fourth-order valence-electron chi connectivity index (χ4n) is 3.06. The lowest BCUT2D eigenvalue weighted by molar-refractivity contribution is 0.418. The Hall–Kier alpha value is -1.31. The van der Waals surface area contributed by atoms with E-state index in [1.54, 1.807) is 0 Å². The van der Waals surface area contributed by atoms with Crippen molar-refractivity contribution < 1.29 is 4.52 Å². The monoisotopic (exact) mass is 287 g/mol. The minimum absolute atomic E-state index is 0.565. The Kier molecular flexibility index (Phi) is 6.78. The van der Waals surface area contributed by atoms with Crippen LogP contribution in [0.4, 0.5) is 0 Å². The van der Waals surface area contributed by atoms with Crippen LogP contribution in [-0.2, 0) is 0 Å². The van der Waals surface area contributed by atoms with Gasteiger partial charge in [0.1, 0.15) is 0 Å². The fraction of sp³-hybridized carbons (Fsp3) is 0.632. The molecule has 0 aliphatic rings. The SMILES string of the molecule is CCCCCCCC(CCCC)c1noc2ccccc12. The van der Waals surface area contributed by atoms with Gasteiger partial charge in [-0.05, 0) is 25.0 Å². The van der Waals surface area contributed by atoms with E-state index < -0.39 is 0 Å². The molecule has 0 spiro atoms. The van der Waals surface area contributed by atoms with Crippen molar-refractivity contribution in [1.29, 1.82) is 0 Å². The first-order chi connectivity index (χ1) is 10.4. The topological polar surface area (TPSA) is 26.0 Å². The van der Waals surface area contributed by atoms with E-state index in [1.807, 2.05) is 12.1 Å². The van der Waals surface area contributed by atoms with Crippen LogP contribution >= 0.6 is 0 Å². The van der Waals surface area contributed by atoms with Gasteiger partial charge in [0.15, 0.2) is 5.58 Å². The zero-order chi connectivity index (χ0) is 14.9. The largest absolute Gasteiger partial charge is 0.356 e. The van der Waals surface area contributed by atoms with Crippen molar-refractivity contribution in [1.82, 2.24) is 5.16 Å². The van der Waals surface area contributed by atoms with Crippen molar-refractivity contribution in [3.63, 3.8) is 0 Å². The molecule has 1 aromatic carbocycles. The summed E-state index contributed by atoms with van der Waals surface area (Å²) < 4.78 is 5.50. The van der Waals surface area contributed by atoms with Gasteiger partial charge in [-0.3, -0.25) is 0 Å². The number of para-hydroxylation sites is 1. The Bertz CT molecular complexity index is 517. The molecule has 0 bridgehead atoms. The zero-order valence-corrected chi connectivity index (χ0v) is 13.6. The summed E-state index contributed by atoms with van der Waals surface area (Å²) in [6.45, 7) is 4.53. The second kappa shape index (κ2) is 8.86. The number of hydrogen-bond donors (Lipinski definition) is 0. The lowest BCUT2D eigenvalue weighted by Crippen LogP contribution is -2.00. The summed E-state index contributed by atoms with van der Waals surface area (Å²) in [5, 5.41) is 5.60. The van der Waals surface area contributed by atoms with E-state index in [-0.39, 0.29) is 0 Å². The van der Waals surface area contributed by atoms with E-state index in [0.717, 1.165) is 5.58 Å². The van der Waals surface area contributed by atoms with Crippen LogP contribution < -0.4 is 0 Å². The van der Waals surface area contributed by atoms with Gasteiger partial charge >= 0.3 is 0 Å². The molecule has 0 aliphatic carbocycles. The molecular weight excluding hydrogens is 258 g/mol. The van der Waals surface area contributed by atoms with Crippen LogP contribution in [0.3, 0.4) is 0 Å². The minimum Gasteiger partial charge on any atom is -0.356 e. The standard InChI is InChI=1S/C19H29NO/c1-3-5-7-8-9-13-16(12-6-4-2)19-17-14-10-11-15-18(17)21-20-19/h10-11,14-16H,3-9,12-13H2,1-2H3. The van der Waals surface area contributed by atoms with Crippen molar-refractivity contribution in [2.45, 2.75) is 77.6 Å². The molecule has 1 atom stereocenters. The van der Waals surface area contributed by atoms with Gasteiger partial charge in [-0.1, -0.05) is 76.1 Å². The van der Waals surface area contributed by atoms with Gasteiger partial charge < -0.3 is 4.52 Å². The summed E-state index contributed by atoms with van der Waals surface area (Å²) in [6, 6.07) is 8.27. The van der Waals surface area contributed by atoms with Crippen molar-refractivity contribution in [2.24, 2.45) is 0 Å². The normalized spacial score (nSPS) is 12.9. The van der Waals surface area contributed by atoms with Crippen LogP contribution in [0.15, 0.2) is 28.8 Å². The van der Waals surface area contributed by atoms with E-state index in [9.17, 15) is 0 Å². The molecular formula is C19H29NO. The number of unbranched alkanes of at least 4 members (excludes halogenated alkanes) is 5. The predicted octanol–water partition coefficient (Wildman–Crippen LogP) is 6.46. The van der Waals surface area contributed by atoms with Crippen molar-refractivity contribution in [3.8, 4) is 0 Å². The Morgan fingerprint density at radius 1 is 0.905 bits per heavy atom. The van der Waals surface area contributed by atoms with Crippen LogP contribution in [0.2, 0.25) is 0 Å². The van der Waals surface area contributed by atoms with Crippen LogP contribution in [0, 0.1) is 0 Å². The zero-order valence-electron chi connectivity index (χ0n) is 13.6. The van der Waals surface area contributed by atoms with Gasteiger partial charge in [-0.25, -0.2) is 0 Å². The molecule has 0 fully saturated rings. The number of benzene rings is 1. The van der Waals surface area contributed by atoms with Crippen LogP contribution in [-0.4, -0.2) is 5.16 Å². The van der Waals surface area contributed by atoms with Gasteiger partial charge in [-0.2, -0.15) is 0 Å². The molecule has 0 amide bonds. The summed E-state index contributed by atoms with van der Waals surface area (Å²) in [5.74, 6) is 0.565. The van der Waals surface area contributed by atoms with Crippen LogP contribution in [0.1, 0.15) is 83.2 Å². The molecule has 2 rings (SSSR count). The molecule has 1 heterocycles. The second-order valence-corrected chi connectivity index (χ2v) is 6.11. The van der Waals surface area contributed by atoms with E-state index in [2.05, 4.69) is 31.1 Å². The summed E-state index contributed by atoms with van der Waals surface area (Å²) >= 11 is 0. The number of aromatic nitrogens is 1. The number of nitrogens with zero attached hydrogens (tertiary/aromatic N) is 1. The highest BCUT2D eigenvalue weighted by Gasteiger charge is 2.18. The molecule has 2 aromatic rings. The highest BCUT2D eigenvalue weighted by atomic mass is 16.5. The number of hydrogen-bond acceptors (Lipinski definition) is 2. The number of fused-ring (bicyclic) bond motifs is 1.